The fourth-order valence-electron chi connectivity index (χ4n) is 10.5. The fourth-order valence-corrected chi connectivity index (χ4v) is 10.5. The van der Waals surface area contributed by atoms with Gasteiger partial charge in [0.25, 0.3) is 0 Å². The molecule has 0 amide bonds. The van der Waals surface area contributed by atoms with Crippen LogP contribution in [0.15, 0.2) is 36.0 Å². The number of aliphatic hydroxyl groups is 4. The molecule has 5 N–H and O–H groups in total. The number of aliphatic carboxylic acids is 1. The van der Waals surface area contributed by atoms with Crippen molar-refractivity contribution in [2.24, 2.45) is 17.8 Å². The molecule has 6 fully saturated rings. The third-order valence-electron chi connectivity index (χ3n) is 14.0. The van der Waals surface area contributed by atoms with Crippen molar-refractivity contribution in [2.75, 3.05) is 6.61 Å². The van der Waals surface area contributed by atoms with E-state index in [4.69, 9.17) is 33.2 Å². The Kier molecular flexibility index (Phi) is 12.9. The second kappa shape index (κ2) is 17.0. The van der Waals surface area contributed by atoms with Crippen molar-refractivity contribution in [3.8, 4) is 0 Å². The van der Waals surface area contributed by atoms with Crippen LogP contribution in [0.25, 0.3) is 0 Å². The zero-order chi connectivity index (χ0) is 40.9. The molecule has 6 saturated heterocycles. The Balaban J connectivity index is 0.920. The predicted molar refractivity (Wildman–Crippen MR) is 208 cm³/mol. The molecule has 1 unspecified atom stereocenters. The van der Waals surface area contributed by atoms with Gasteiger partial charge in [0.05, 0.1) is 43.2 Å². The quantitative estimate of drug-likeness (QED) is 0.182. The minimum atomic E-state index is -1.96. The largest absolute Gasteiger partial charge is 0.479 e. The first-order valence-corrected chi connectivity index (χ1v) is 21.7. The first-order valence-electron chi connectivity index (χ1n) is 21.7. The molecule has 7 rings (SSSR count). The van der Waals surface area contributed by atoms with Crippen molar-refractivity contribution >= 4 is 5.97 Å². The lowest BCUT2D eigenvalue weighted by atomic mass is 9.79. The van der Waals surface area contributed by atoms with Crippen LogP contribution >= 0.6 is 0 Å². The summed E-state index contributed by atoms with van der Waals surface area (Å²) in [5, 5.41) is 54.0. The van der Waals surface area contributed by atoms with Gasteiger partial charge in [-0.3, -0.25) is 0 Å². The van der Waals surface area contributed by atoms with Gasteiger partial charge in [-0.2, -0.15) is 0 Å². The monoisotopic (exact) mass is 804 g/mol. The van der Waals surface area contributed by atoms with E-state index in [0.29, 0.717) is 56.4 Å². The SMILES string of the molecule is C=C1[C@@H](O)[C@@H]2O[C@@]3(CC[C@H](/C=C/[C@@H](C)[C@H]4CC(C)=C[C@@]5(O[C@H](C[C@@](C)(O)C(=O)O)CCC5O)O4)O3)CC[C@H]2O[C@@H]1[C@@H](O)C[C@H](C)[C@H]1O[C@@]2(CCCCO2)CC[C@H]1C. The van der Waals surface area contributed by atoms with E-state index in [-0.39, 0.29) is 36.6 Å². The highest BCUT2D eigenvalue weighted by Gasteiger charge is 2.55. The summed E-state index contributed by atoms with van der Waals surface area (Å²) in [5.41, 5.74) is -0.551. The van der Waals surface area contributed by atoms with Crippen LogP contribution < -0.4 is 0 Å². The number of carboxylic acid groups (broad SMARTS) is 1. The predicted octanol–water partition coefficient (Wildman–Crippen LogP) is 5.21. The molecule has 0 bridgehead atoms. The highest BCUT2D eigenvalue weighted by Crippen LogP contribution is 2.47. The zero-order valence-corrected chi connectivity index (χ0v) is 34.6. The van der Waals surface area contributed by atoms with E-state index in [0.717, 1.165) is 50.7 Å². The molecule has 13 heteroatoms. The van der Waals surface area contributed by atoms with Gasteiger partial charge in [-0.15, -0.1) is 0 Å². The van der Waals surface area contributed by atoms with Crippen LogP contribution in [0.4, 0.5) is 0 Å². The summed E-state index contributed by atoms with van der Waals surface area (Å²) < 4.78 is 45.2. The van der Waals surface area contributed by atoms with Crippen molar-refractivity contribution < 1.29 is 63.5 Å². The van der Waals surface area contributed by atoms with Gasteiger partial charge in [0.15, 0.2) is 17.2 Å². The zero-order valence-electron chi connectivity index (χ0n) is 34.6. The lowest BCUT2D eigenvalue weighted by Gasteiger charge is -2.50. The van der Waals surface area contributed by atoms with Gasteiger partial charge < -0.3 is 58.7 Å². The minimum Gasteiger partial charge on any atom is -0.479 e. The lowest BCUT2D eigenvalue weighted by Crippen LogP contribution is -2.60. The van der Waals surface area contributed by atoms with E-state index >= 15 is 0 Å². The van der Waals surface area contributed by atoms with E-state index < -0.39 is 71.7 Å². The van der Waals surface area contributed by atoms with Gasteiger partial charge in [0.2, 0.25) is 5.79 Å². The number of ether oxygens (including phenoxy) is 7. The molecule has 17 atom stereocenters. The Morgan fingerprint density at radius 1 is 1.00 bits per heavy atom. The Bertz CT molecular complexity index is 1510. The van der Waals surface area contributed by atoms with E-state index in [1.54, 1.807) is 6.08 Å². The number of hydrogen-bond donors (Lipinski definition) is 5. The summed E-state index contributed by atoms with van der Waals surface area (Å²) in [7, 11) is 0. The van der Waals surface area contributed by atoms with Crippen LogP contribution in [0.2, 0.25) is 0 Å². The van der Waals surface area contributed by atoms with Crippen LogP contribution in [0.3, 0.4) is 0 Å². The Morgan fingerprint density at radius 2 is 1.75 bits per heavy atom. The fraction of sp³-hybridized carbons (Fsp3) is 0.841. The number of fused-ring (bicyclic) bond motifs is 1. The van der Waals surface area contributed by atoms with E-state index in [9.17, 15) is 30.3 Å². The van der Waals surface area contributed by atoms with Crippen LogP contribution in [-0.4, -0.2) is 122 Å². The average Bonchev–Trinajstić information content (AvgIpc) is 3.56. The molecule has 0 aliphatic carbocycles. The summed E-state index contributed by atoms with van der Waals surface area (Å²) in [5.74, 6) is -3.82. The summed E-state index contributed by atoms with van der Waals surface area (Å²) in [6, 6.07) is 0. The third-order valence-corrected chi connectivity index (χ3v) is 14.0. The highest BCUT2D eigenvalue weighted by atomic mass is 16.7. The third kappa shape index (κ3) is 9.15. The van der Waals surface area contributed by atoms with Crippen molar-refractivity contribution in [1.29, 1.82) is 0 Å². The average molecular weight is 805 g/mol. The minimum absolute atomic E-state index is 0.0423. The summed E-state index contributed by atoms with van der Waals surface area (Å²) in [6.07, 6.45) is 9.37. The maximum atomic E-state index is 11.6. The molecule has 0 aromatic carbocycles. The summed E-state index contributed by atoms with van der Waals surface area (Å²) in [6.45, 7) is 14.5. The second-order valence-electron chi connectivity index (χ2n) is 18.9. The van der Waals surface area contributed by atoms with Crippen molar-refractivity contribution in [3.63, 3.8) is 0 Å². The van der Waals surface area contributed by atoms with Gasteiger partial charge >= 0.3 is 5.97 Å². The molecule has 0 aromatic rings. The summed E-state index contributed by atoms with van der Waals surface area (Å²) in [4.78, 5) is 11.6. The van der Waals surface area contributed by atoms with Gasteiger partial charge in [-0.1, -0.05) is 45.1 Å². The maximum absolute atomic E-state index is 11.6. The smallest absolute Gasteiger partial charge is 0.335 e. The molecular formula is C44H68O13. The lowest BCUT2D eigenvalue weighted by molar-refractivity contribution is -0.321. The van der Waals surface area contributed by atoms with Crippen LogP contribution in [0, 0.1) is 17.8 Å². The van der Waals surface area contributed by atoms with Crippen LogP contribution in [-0.2, 0) is 38.0 Å². The normalized spacial score (nSPS) is 45.4. The molecule has 57 heavy (non-hydrogen) atoms. The van der Waals surface area contributed by atoms with E-state index in [1.807, 2.05) is 19.9 Å². The molecule has 7 heterocycles. The number of hydrogen-bond acceptors (Lipinski definition) is 12. The van der Waals surface area contributed by atoms with Crippen molar-refractivity contribution in [2.45, 2.75) is 209 Å². The second-order valence-corrected chi connectivity index (χ2v) is 18.9. The molecule has 0 aromatic heterocycles. The van der Waals surface area contributed by atoms with Crippen LogP contribution in [0.1, 0.15) is 125 Å². The number of carboxylic acids is 1. The van der Waals surface area contributed by atoms with Gasteiger partial charge in [0, 0.05) is 38.0 Å². The Hall–Kier alpha value is -1.75. The Labute approximate surface area is 337 Å². The molecule has 13 nitrogen and oxygen atoms in total. The molecule has 7 aliphatic heterocycles. The van der Waals surface area contributed by atoms with E-state index in [2.05, 4.69) is 26.5 Å². The van der Waals surface area contributed by atoms with Gasteiger partial charge in [0.1, 0.15) is 24.4 Å². The van der Waals surface area contributed by atoms with Crippen molar-refractivity contribution in [1.82, 2.24) is 0 Å². The molecule has 322 valence electrons. The van der Waals surface area contributed by atoms with Gasteiger partial charge in [-0.05, 0) is 95.1 Å². The first kappa shape index (κ1) is 43.3. The standard InChI is InChI=1S/C44H68O13/c1-25-21-34(55-44(23-25)35(46)12-11-31(54-44)24-41(6,50)40(48)49)26(2)9-10-30-14-18-43(53-30)19-15-33-39(57-43)36(47)29(5)38(52-33)32(45)22-28(4)37-27(3)13-17-42(56-37)16-7-8-20-51-42/h9-10,23,26-28,30-39,45-47,50H,5,7-8,11-22,24H2,1-4,6H3,(H,48,49)/b10-9+/t26-,27-,28+,30+,31+,32+,33-,34-,35?,36-,37+,38+,39-,41-,42+,43+,44-/m1/s1. The molecule has 0 saturated carbocycles. The number of carbonyl (C=O) groups is 1. The van der Waals surface area contributed by atoms with E-state index in [1.165, 1.54) is 6.92 Å². The van der Waals surface area contributed by atoms with Crippen LogP contribution in [0.5, 0.6) is 0 Å². The molecule has 7 aliphatic rings. The topological polar surface area (TPSA) is 183 Å². The Morgan fingerprint density at radius 3 is 2.49 bits per heavy atom. The van der Waals surface area contributed by atoms with Crippen molar-refractivity contribution in [3.05, 3.63) is 36.0 Å². The number of rotatable bonds is 10. The molecule has 3 spiro atoms. The first-order chi connectivity index (χ1) is 26.9. The van der Waals surface area contributed by atoms with Gasteiger partial charge in [-0.25, -0.2) is 4.79 Å². The summed E-state index contributed by atoms with van der Waals surface area (Å²) >= 11 is 0. The molecule has 0 radical (unpaired) electrons. The highest BCUT2D eigenvalue weighted by molar-refractivity contribution is 5.76. The molecular weight excluding hydrogens is 736 g/mol. The number of aliphatic hydroxyl groups excluding tert-OH is 3. The maximum Gasteiger partial charge on any atom is 0.335 e.